The quantitative estimate of drug-likeness (QED) is 0.736. The molecule has 78 valence electrons. The van der Waals surface area contributed by atoms with Crippen molar-refractivity contribution in [2.24, 2.45) is 5.73 Å². The van der Waals surface area contributed by atoms with Gasteiger partial charge >= 0.3 is 0 Å². The highest BCUT2D eigenvalue weighted by Crippen LogP contribution is 2.05. The molecule has 15 heavy (non-hydrogen) atoms. The Labute approximate surface area is 86.1 Å². The summed E-state index contributed by atoms with van der Waals surface area (Å²) < 4.78 is 1.67. The Morgan fingerprint density at radius 2 is 2.40 bits per heavy atom. The van der Waals surface area contributed by atoms with E-state index in [0.29, 0.717) is 18.8 Å². The number of hydrogen-bond acceptors (Lipinski definition) is 4. The maximum Gasteiger partial charge on any atom is 0.219 e. The summed E-state index contributed by atoms with van der Waals surface area (Å²) in [5.41, 5.74) is 5.78. The first-order valence-electron chi connectivity index (χ1n) is 4.58. The highest BCUT2D eigenvalue weighted by atomic mass is 16.1. The van der Waals surface area contributed by atoms with Crippen molar-refractivity contribution in [2.75, 3.05) is 11.9 Å². The van der Waals surface area contributed by atoms with Crippen molar-refractivity contribution < 1.29 is 4.79 Å². The van der Waals surface area contributed by atoms with Gasteiger partial charge in [-0.1, -0.05) is 0 Å². The number of anilines is 1. The Morgan fingerprint density at radius 3 is 3.20 bits per heavy atom. The van der Waals surface area contributed by atoms with Gasteiger partial charge in [0.05, 0.1) is 6.20 Å². The fourth-order valence-electron chi connectivity index (χ4n) is 1.22. The second kappa shape index (κ2) is 3.95. The number of carbonyl (C=O) groups excluding carboxylic acids is 1. The number of carbonyl (C=O) groups is 1. The van der Waals surface area contributed by atoms with Crippen LogP contribution in [-0.2, 0) is 4.79 Å². The van der Waals surface area contributed by atoms with Gasteiger partial charge in [-0.3, -0.25) is 4.79 Å². The van der Waals surface area contributed by atoms with Gasteiger partial charge in [0.25, 0.3) is 0 Å². The minimum Gasteiger partial charge on any atom is -0.370 e. The first-order valence-corrected chi connectivity index (χ1v) is 4.58. The molecule has 0 unspecified atom stereocenters. The molecular formula is C9H11N5O. The molecule has 0 aliphatic carbocycles. The van der Waals surface area contributed by atoms with Crippen molar-refractivity contribution in [1.29, 1.82) is 0 Å². The Kier molecular flexibility index (Phi) is 2.49. The number of primary amides is 1. The van der Waals surface area contributed by atoms with Crippen molar-refractivity contribution >= 4 is 17.4 Å². The van der Waals surface area contributed by atoms with Crippen LogP contribution < -0.4 is 11.1 Å². The molecule has 0 saturated carbocycles. The zero-order chi connectivity index (χ0) is 10.7. The number of aromatic nitrogens is 3. The summed E-state index contributed by atoms with van der Waals surface area (Å²) in [7, 11) is 0. The second-order valence-corrected chi connectivity index (χ2v) is 3.09. The average molecular weight is 205 g/mol. The van der Waals surface area contributed by atoms with Crippen LogP contribution in [0, 0.1) is 0 Å². The lowest BCUT2D eigenvalue weighted by atomic mass is 10.4. The minimum atomic E-state index is -0.326. The molecular weight excluding hydrogens is 194 g/mol. The number of fused-ring (bicyclic) bond motifs is 1. The summed E-state index contributed by atoms with van der Waals surface area (Å²) in [4.78, 5) is 14.8. The van der Waals surface area contributed by atoms with E-state index in [-0.39, 0.29) is 5.91 Å². The Hall–Kier alpha value is -2.11. The molecule has 3 N–H and O–H groups in total. The Bertz CT molecular complexity index is 478. The van der Waals surface area contributed by atoms with Crippen LogP contribution in [0.3, 0.4) is 0 Å². The van der Waals surface area contributed by atoms with Gasteiger partial charge in [-0.15, -0.1) is 0 Å². The monoisotopic (exact) mass is 205 g/mol. The van der Waals surface area contributed by atoms with E-state index in [2.05, 4.69) is 15.4 Å². The molecule has 0 spiro atoms. The van der Waals surface area contributed by atoms with Gasteiger partial charge in [0.15, 0.2) is 5.65 Å². The molecule has 0 atom stereocenters. The van der Waals surface area contributed by atoms with Crippen molar-refractivity contribution in [2.45, 2.75) is 6.42 Å². The van der Waals surface area contributed by atoms with Crippen LogP contribution in [0.4, 0.5) is 5.82 Å². The number of rotatable bonds is 4. The smallest absolute Gasteiger partial charge is 0.219 e. The normalized spacial score (nSPS) is 10.4. The van der Waals surface area contributed by atoms with E-state index in [1.54, 1.807) is 29.0 Å². The number of hydrogen-bond donors (Lipinski definition) is 2. The number of nitrogens with zero attached hydrogens (tertiary/aromatic N) is 3. The lowest BCUT2D eigenvalue weighted by Gasteiger charge is -2.03. The fourth-order valence-corrected chi connectivity index (χ4v) is 1.22. The van der Waals surface area contributed by atoms with Crippen LogP contribution in [0.1, 0.15) is 6.42 Å². The second-order valence-electron chi connectivity index (χ2n) is 3.09. The third-order valence-corrected chi connectivity index (χ3v) is 1.94. The zero-order valence-electron chi connectivity index (χ0n) is 8.05. The lowest BCUT2D eigenvalue weighted by molar-refractivity contribution is -0.117. The van der Waals surface area contributed by atoms with Crippen molar-refractivity contribution in [3.63, 3.8) is 0 Å². The van der Waals surface area contributed by atoms with E-state index in [1.165, 1.54) is 0 Å². The van der Waals surface area contributed by atoms with Crippen LogP contribution in [0.25, 0.3) is 5.65 Å². The van der Waals surface area contributed by atoms with Crippen LogP contribution >= 0.6 is 0 Å². The highest BCUT2D eigenvalue weighted by molar-refractivity contribution is 5.74. The predicted octanol–water partition coefficient (Wildman–Crippen LogP) is 0.0166. The summed E-state index contributed by atoms with van der Waals surface area (Å²) in [6.45, 7) is 0.493. The molecule has 0 saturated heterocycles. The summed E-state index contributed by atoms with van der Waals surface area (Å²) >= 11 is 0. The number of nitrogens with one attached hydrogen (secondary N) is 1. The maximum absolute atomic E-state index is 10.5. The zero-order valence-corrected chi connectivity index (χ0v) is 8.05. The molecule has 0 bridgehead atoms. The molecule has 2 aromatic rings. The topological polar surface area (TPSA) is 85.3 Å². The molecule has 6 heteroatoms. The van der Waals surface area contributed by atoms with Gasteiger partial charge in [0, 0.05) is 25.2 Å². The Morgan fingerprint density at radius 1 is 1.53 bits per heavy atom. The van der Waals surface area contributed by atoms with Gasteiger partial charge < -0.3 is 11.1 Å². The van der Waals surface area contributed by atoms with Gasteiger partial charge in [-0.25, -0.2) is 9.50 Å². The third kappa shape index (κ3) is 2.22. The van der Waals surface area contributed by atoms with E-state index in [0.717, 1.165) is 5.65 Å². The number of nitrogens with two attached hydrogens (primary N) is 1. The van der Waals surface area contributed by atoms with Crippen LogP contribution in [0.15, 0.2) is 24.5 Å². The lowest BCUT2D eigenvalue weighted by Crippen LogP contribution is -2.16. The standard InChI is InChI=1S/C9H11N5O/c10-7(15)1-4-11-8-3-6-14-9(13-8)2-5-12-14/h2-3,5-6H,1,4H2,(H2,10,15)(H,11,13). The molecule has 6 nitrogen and oxygen atoms in total. The molecule has 2 rings (SSSR count). The molecule has 2 aromatic heterocycles. The largest absolute Gasteiger partial charge is 0.370 e. The molecule has 1 amide bonds. The van der Waals surface area contributed by atoms with Crippen LogP contribution in [0.5, 0.6) is 0 Å². The summed E-state index contributed by atoms with van der Waals surface area (Å²) in [6, 6.07) is 3.60. The van der Waals surface area contributed by atoms with E-state index < -0.39 is 0 Å². The van der Waals surface area contributed by atoms with Gasteiger partial charge in [0.2, 0.25) is 5.91 Å². The summed E-state index contributed by atoms with van der Waals surface area (Å²) in [5, 5.41) is 7.03. The van der Waals surface area contributed by atoms with Gasteiger partial charge in [-0.05, 0) is 6.07 Å². The SMILES string of the molecule is NC(=O)CCNc1ccn2nccc2n1. The molecule has 0 aliphatic rings. The Balaban J connectivity index is 2.04. The van der Waals surface area contributed by atoms with Crippen molar-refractivity contribution in [3.8, 4) is 0 Å². The molecule has 0 fully saturated rings. The van der Waals surface area contributed by atoms with Crippen LogP contribution in [-0.4, -0.2) is 27.0 Å². The van der Waals surface area contributed by atoms with E-state index in [1.807, 2.05) is 0 Å². The molecule has 0 aromatic carbocycles. The third-order valence-electron chi connectivity index (χ3n) is 1.94. The maximum atomic E-state index is 10.5. The van der Waals surface area contributed by atoms with Crippen LogP contribution in [0.2, 0.25) is 0 Å². The first-order chi connectivity index (χ1) is 7.25. The van der Waals surface area contributed by atoms with E-state index >= 15 is 0 Å². The predicted molar refractivity (Wildman–Crippen MR) is 55.3 cm³/mol. The fraction of sp³-hybridized carbons (Fsp3) is 0.222. The molecule has 0 aliphatic heterocycles. The number of amides is 1. The molecule has 0 radical (unpaired) electrons. The van der Waals surface area contributed by atoms with E-state index in [9.17, 15) is 4.79 Å². The van der Waals surface area contributed by atoms with Gasteiger partial charge in [-0.2, -0.15) is 5.10 Å². The first kappa shape index (κ1) is 9.45. The summed E-state index contributed by atoms with van der Waals surface area (Å²) in [5.74, 6) is 0.386. The highest BCUT2D eigenvalue weighted by Gasteiger charge is 1.98. The van der Waals surface area contributed by atoms with Crippen molar-refractivity contribution in [1.82, 2.24) is 14.6 Å². The molecule has 2 heterocycles. The van der Waals surface area contributed by atoms with Crippen molar-refractivity contribution in [3.05, 3.63) is 24.5 Å². The average Bonchev–Trinajstić information content (AvgIpc) is 2.64. The van der Waals surface area contributed by atoms with E-state index in [4.69, 9.17) is 5.73 Å². The minimum absolute atomic E-state index is 0.298. The summed E-state index contributed by atoms with van der Waals surface area (Å²) in [6.07, 6.45) is 3.77. The van der Waals surface area contributed by atoms with Gasteiger partial charge in [0.1, 0.15) is 5.82 Å².